The van der Waals surface area contributed by atoms with Gasteiger partial charge in [0.15, 0.2) is 11.5 Å². The predicted molar refractivity (Wildman–Crippen MR) is 110 cm³/mol. The van der Waals surface area contributed by atoms with Crippen LogP contribution in [0, 0.1) is 5.92 Å². The third-order valence-corrected chi connectivity index (χ3v) is 5.54. The van der Waals surface area contributed by atoms with Crippen molar-refractivity contribution in [2.45, 2.75) is 17.9 Å². The number of rotatable bonds is 7. The van der Waals surface area contributed by atoms with Crippen molar-refractivity contribution >= 4 is 29.3 Å². The summed E-state index contributed by atoms with van der Waals surface area (Å²) < 4.78 is 10.5. The molecule has 1 aliphatic rings. The van der Waals surface area contributed by atoms with Crippen LogP contribution in [0.1, 0.15) is 12.0 Å². The molecule has 0 aromatic heterocycles. The van der Waals surface area contributed by atoms with Gasteiger partial charge in [-0.1, -0.05) is 6.07 Å². The van der Waals surface area contributed by atoms with Crippen LogP contribution >= 0.6 is 11.8 Å². The fraction of sp³-hybridized carbons (Fsp3) is 0.333. The quantitative estimate of drug-likeness (QED) is 0.724. The average molecular weight is 401 g/mol. The van der Waals surface area contributed by atoms with Crippen LogP contribution in [0.25, 0.3) is 0 Å². The third kappa shape index (κ3) is 4.42. The van der Waals surface area contributed by atoms with Gasteiger partial charge in [0.25, 0.3) is 0 Å². The number of ether oxygens (including phenoxy) is 2. The fourth-order valence-corrected chi connectivity index (χ4v) is 3.63. The van der Waals surface area contributed by atoms with E-state index in [-0.39, 0.29) is 24.2 Å². The molecule has 3 rings (SSSR count). The van der Waals surface area contributed by atoms with Gasteiger partial charge in [-0.05, 0) is 48.2 Å². The van der Waals surface area contributed by atoms with Crippen molar-refractivity contribution in [3.05, 3.63) is 48.0 Å². The first kappa shape index (κ1) is 20.1. The lowest BCUT2D eigenvalue weighted by Crippen LogP contribution is -2.32. The summed E-state index contributed by atoms with van der Waals surface area (Å²) in [6.45, 7) is 0.765. The Hall–Kier alpha value is -2.67. The Labute approximate surface area is 169 Å². The van der Waals surface area contributed by atoms with Crippen LogP contribution in [0.2, 0.25) is 0 Å². The maximum Gasteiger partial charge on any atom is 0.227 e. The number of amides is 2. The minimum Gasteiger partial charge on any atom is -0.493 e. The standard InChI is InChI=1S/C21H24N2O4S/c1-26-18-9-4-14(10-19(18)27-2)12-22-21(25)15-11-20(24)23(13-15)16-5-7-17(28-3)8-6-16/h4-10,15H,11-13H2,1-3H3,(H,22,25). The highest BCUT2D eigenvalue weighted by Crippen LogP contribution is 2.29. The molecule has 6 nitrogen and oxygen atoms in total. The van der Waals surface area contributed by atoms with Crippen LogP contribution in [0.3, 0.4) is 0 Å². The number of carbonyl (C=O) groups excluding carboxylic acids is 2. The second-order valence-corrected chi connectivity index (χ2v) is 7.39. The van der Waals surface area contributed by atoms with Gasteiger partial charge in [-0.15, -0.1) is 11.8 Å². The Morgan fingerprint density at radius 3 is 2.50 bits per heavy atom. The number of methoxy groups -OCH3 is 2. The topological polar surface area (TPSA) is 67.9 Å². The second kappa shape index (κ2) is 9.01. The van der Waals surface area contributed by atoms with Crippen molar-refractivity contribution in [2.75, 3.05) is 31.9 Å². The lowest BCUT2D eigenvalue weighted by Gasteiger charge is -2.17. The molecular weight excluding hydrogens is 376 g/mol. The van der Waals surface area contributed by atoms with Gasteiger partial charge in [-0.3, -0.25) is 9.59 Å². The first-order chi connectivity index (χ1) is 13.5. The normalized spacial score (nSPS) is 16.2. The first-order valence-electron chi connectivity index (χ1n) is 8.98. The van der Waals surface area contributed by atoms with Gasteiger partial charge in [-0.25, -0.2) is 0 Å². The predicted octanol–water partition coefficient (Wildman–Crippen LogP) is 3.10. The summed E-state index contributed by atoms with van der Waals surface area (Å²) in [7, 11) is 3.15. The van der Waals surface area contributed by atoms with E-state index in [1.807, 2.05) is 42.7 Å². The largest absolute Gasteiger partial charge is 0.493 e. The minimum atomic E-state index is -0.354. The molecule has 148 valence electrons. The summed E-state index contributed by atoms with van der Waals surface area (Å²) >= 11 is 1.65. The van der Waals surface area contributed by atoms with Crippen molar-refractivity contribution in [3.63, 3.8) is 0 Å². The molecule has 1 saturated heterocycles. The fourth-order valence-electron chi connectivity index (χ4n) is 3.22. The van der Waals surface area contributed by atoms with Crippen LogP contribution in [0.5, 0.6) is 11.5 Å². The summed E-state index contributed by atoms with van der Waals surface area (Å²) in [4.78, 5) is 27.8. The molecule has 0 saturated carbocycles. The molecule has 2 aromatic rings. The van der Waals surface area contributed by atoms with Gasteiger partial charge in [0.2, 0.25) is 11.8 Å². The van der Waals surface area contributed by atoms with E-state index in [2.05, 4.69) is 5.32 Å². The number of nitrogens with zero attached hydrogens (tertiary/aromatic N) is 1. The summed E-state index contributed by atoms with van der Waals surface area (Å²) in [6.07, 6.45) is 2.23. The van der Waals surface area contributed by atoms with Crippen LogP contribution in [0.15, 0.2) is 47.4 Å². The zero-order chi connectivity index (χ0) is 20.1. The molecule has 1 fully saturated rings. The molecule has 28 heavy (non-hydrogen) atoms. The highest BCUT2D eigenvalue weighted by molar-refractivity contribution is 7.98. The van der Waals surface area contributed by atoms with E-state index < -0.39 is 0 Å². The van der Waals surface area contributed by atoms with E-state index >= 15 is 0 Å². The van der Waals surface area contributed by atoms with Crippen molar-refractivity contribution in [1.29, 1.82) is 0 Å². The lowest BCUT2D eigenvalue weighted by atomic mass is 10.1. The van der Waals surface area contributed by atoms with Crippen molar-refractivity contribution in [2.24, 2.45) is 5.92 Å². The zero-order valence-electron chi connectivity index (χ0n) is 16.2. The summed E-state index contributed by atoms with van der Waals surface area (Å²) in [5, 5.41) is 2.92. The molecule has 1 atom stereocenters. The lowest BCUT2D eigenvalue weighted by molar-refractivity contribution is -0.126. The molecule has 1 aliphatic heterocycles. The molecule has 2 amide bonds. The van der Waals surface area contributed by atoms with Crippen molar-refractivity contribution in [1.82, 2.24) is 5.32 Å². The number of nitrogens with one attached hydrogen (secondary N) is 1. The number of carbonyl (C=O) groups is 2. The summed E-state index contributed by atoms with van der Waals surface area (Å²) in [6, 6.07) is 13.3. The Bertz CT molecular complexity index is 854. The van der Waals surface area contributed by atoms with Crippen LogP contribution in [-0.2, 0) is 16.1 Å². The molecule has 1 N–H and O–H groups in total. The van der Waals surface area contributed by atoms with Crippen molar-refractivity contribution < 1.29 is 19.1 Å². The van der Waals surface area contributed by atoms with E-state index in [9.17, 15) is 9.59 Å². The average Bonchev–Trinajstić information content (AvgIpc) is 3.13. The van der Waals surface area contributed by atoms with Gasteiger partial charge >= 0.3 is 0 Å². The molecular formula is C21H24N2O4S. The van der Waals surface area contributed by atoms with Gasteiger partial charge < -0.3 is 19.7 Å². The molecule has 2 aromatic carbocycles. The van der Waals surface area contributed by atoms with Gasteiger partial charge in [0.05, 0.1) is 20.1 Å². The Balaban J connectivity index is 1.60. The molecule has 7 heteroatoms. The zero-order valence-corrected chi connectivity index (χ0v) is 17.0. The van der Waals surface area contributed by atoms with E-state index in [0.717, 1.165) is 16.1 Å². The number of benzene rings is 2. The number of thioether (sulfide) groups is 1. The SMILES string of the molecule is COc1ccc(CNC(=O)C2CC(=O)N(c3ccc(SC)cc3)C2)cc1OC. The second-order valence-electron chi connectivity index (χ2n) is 6.51. The van der Waals surface area contributed by atoms with Crippen LogP contribution in [0.4, 0.5) is 5.69 Å². The molecule has 1 unspecified atom stereocenters. The summed E-state index contributed by atoms with van der Waals surface area (Å²) in [5.41, 5.74) is 1.73. The Morgan fingerprint density at radius 1 is 1.14 bits per heavy atom. The maximum atomic E-state index is 12.6. The number of hydrogen-bond acceptors (Lipinski definition) is 5. The Kier molecular flexibility index (Phi) is 6.46. The maximum absolute atomic E-state index is 12.6. The molecule has 0 radical (unpaired) electrons. The molecule has 0 bridgehead atoms. The van der Waals surface area contributed by atoms with Gasteiger partial charge in [0, 0.05) is 30.1 Å². The van der Waals surface area contributed by atoms with Crippen molar-refractivity contribution in [3.8, 4) is 11.5 Å². The highest BCUT2D eigenvalue weighted by atomic mass is 32.2. The van der Waals surface area contributed by atoms with Gasteiger partial charge in [0.1, 0.15) is 0 Å². The van der Waals surface area contributed by atoms with E-state index in [1.165, 1.54) is 0 Å². The van der Waals surface area contributed by atoms with E-state index in [4.69, 9.17) is 9.47 Å². The number of hydrogen-bond donors (Lipinski definition) is 1. The van der Waals surface area contributed by atoms with Crippen LogP contribution < -0.4 is 19.7 Å². The third-order valence-electron chi connectivity index (χ3n) is 4.79. The molecule has 1 heterocycles. The van der Waals surface area contributed by atoms with Gasteiger partial charge in [-0.2, -0.15) is 0 Å². The molecule has 0 aliphatic carbocycles. The van der Waals surface area contributed by atoms with E-state index in [1.54, 1.807) is 36.9 Å². The first-order valence-corrected chi connectivity index (χ1v) is 10.2. The molecule has 0 spiro atoms. The Morgan fingerprint density at radius 2 is 1.86 bits per heavy atom. The highest BCUT2D eigenvalue weighted by Gasteiger charge is 2.35. The monoisotopic (exact) mass is 400 g/mol. The summed E-state index contributed by atoms with van der Waals surface area (Å²) in [5.74, 6) is 0.759. The smallest absolute Gasteiger partial charge is 0.227 e. The van der Waals surface area contributed by atoms with Crippen LogP contribution in [-0.4, -0.2) is 38.8 Å². The number of anilines is 1. The minimum absolute atomic E-state index is 0.0248. The van der Waals surface area contributed by atoms with E-state index in [0.29, 0.717) is 24.6 Å².